The van der Waals surface area contributed by atoms with Gasteiger partial charge in [-0.2, -0.15) is 5.10 Å². The summed E-state index contributed by atoms with van der Waals surface area (Å²) in [5.41, 5.74) is 17.7. The smallest absolute Gasteiger partial charge is 0.274 e. The van der Waals surface area contributed by atoms with Crippen LogP contribution in [0.2, 0.25) is 0 Å². The molecule has 0 radical (unpaired) electrons. The van der Waals surface area contributed by atoms with Gasteiger partial charge in [0.2, 0.25) is 17.8 Å². The van der Waals surface area contributed by atoms with Crippen molar-refractivity contribution in [1.29, 1.82) is 0 Å². The van der Waals surface area contributed by atoms with Gasteiger partial charge in [-0.25, -0.2) is 15.0 Å². The molecule has 68 heavy (non-hydrogen) atoms. The number of rotatable bonds is 21. The Morgan fingerprint density at radius 3 is 2.18 bits per heavy atom. The van der Waals surface area contributed by atoms with Gasteiger partial charge in [-0.1, -0.05) is 12.2 Å². The summed E-state index contributed by atoms with van der Waals surface area (Å²) in [7, 11) is 3.77. The highest BCUT2D eigenvalue weighted by Gasteiger charge is 2.24. The number of hydrogen-bond acceptors (Lipinski definition) is 12. The monoisotopic (exact) mass is 927 g/mol. The normalized spacial score (nSPS) is 13.7. The lowest BCUT2D eigenvalue weighted by Crippen LogP contribution is -2.44. The fourth-order valence-electron chi connectivity index (χ4n) is 8.80. The maximum atomic E-state index is 14.0. The number of nitrogens with zero attached hydrogens (tertiary/aromatic N) is 10. The number of fused-ring (bicyclic) bond motifs is 4. The average molecular weight is 928 g/mol. The summed E-state index contributed by atoms with van der Waals surface area (Å²) >= 11 is 0. The lowest BCUT2D eigenvalue weighted by atomic mass is 10.1. The Hall–Kier alpha value is -7.09. The number of methoxy groups -OCH3 is 1. The molecule has 1 aliphatic rings. The first kappa shape index (κ1) is 47.4. The van der Waals surface area contributed by atoms with Crippen LogP contribution in [0.25, 0.3) is 44.5 Å². The van der Waals surface area contributed by atoms with Crippen LogP contribution < -0.4 is 26.3 Å². The average Bonchev–Trinajstić information content (AvgIpc) is 4.09. The van der Waals surface area contributed by atoms with Crippen LogP contribution >= 0.6 is 0 Å². The summed E-state index contributed by atoms with van der Waals surface area (Å²) < 4.78 is 25.8. The number of anilines is 1. The van der Waals surface area contributed by atoms with Crippen molar-refractivity contribution in [2.45, 2.75) is 66.7 Å². The number of aryl methyl sites for hydroxylation is 4. The first-order valence-corrected chi connectivity index (χ1v) is 23.2. The van der Waals surface area contributed by atoms with Crippen LogP contribution in [0, 0.1) is 13.8 Å². The van der Waals surface area contributed by atoms with Gasteiger partial charge in [-0.15, -0.1) is 0 Å². The summed E-state index contributed by atoms with van der Waals surface area (Å²) in [6.45, 7) is 15.7. The van der Waals surface area contributed by atoms with Crippen molar-refractivity contribution in [2.75, 3.05) is 72.0 Å². The summed E-state index contributed by atoms with van der Waals surface area (Å²) in [5, 5.41) is 9.11. The molecule has 0 atom stereocenters. The molecule has 19 nitrogen and oxygen atoms in total. The topological polar surface area (TPSA) is 221 Å². The number of nitrogens with one attached hydrogen (secondary N) is 1. The van der Waals surface area contributed by atoms with Gasteiger partial charge in [0.15, 0.2) is 5.82 Å². The van der Waals surface area contributed by atoms with E-state index >= 15 is 0 Å². The van der Waals surface area contributed by atoms with Crippen LogP contribution in [0.1, 0.15) is 69.2 Å². The van der Waals surface area contributed by atoms with E-state index in [1.807, 2.05) is 76.6 Å². The van der Waals surface area contributed by atoms with Crippen molar-refractivity contribution < 1.29 is 28.6 Å². The maximum Gasteiger partial charge on any atom is 0.274 e. The number of aromatic nitrogens is 8. The number of piperazine rings is 1. The Morgan fingerprint density at radius 1 is 0.794 bits per heavy atom. The molecule has 1 aliphatic heterocycles. The van der Waals surface area contributed by atoms with Crippen LogP contribution in [0.5, 0.6) is 11.5 Å². The van der Waals surface area contributed by atoms with Gasteiger partial charge >= 0.3 is 0 Å². The number of benzene rings is 2. The molecule has 0 saturated carbocycles. The van der Waals surface area contributed by atoms with Crippen LogP contribution in [0.4, 0.5) is 5.95 Å². The molecule has 0 bridgehead atoms. The minimum atomic E-state index is -0.622. The van der Waals surface area contributed by atoms with Crippen molar-refractivity contribution in [3.63, 3.8) is 0 Å². The molecule has 5 aromatic heterocycles. The Kier molecular flexibility index (Phi) is 14.5. The molecule has 5 N–H and O–H groups in total. The first-order chi connectivity index (χ1) is 32.9. The van der Waals surface area contributed by atoms with Gasteiger partial charge in [-0.05, 0) is 83.1 Å². The molecule has 19 heteroatoms. The number of ether oxygens (including phenoxy) is 3. The van der Waals surface area contributed by atoms with Gasteiger partial charge in [0, 0.05) is 113 Å². The third kappa shape index (κ3) is 10.1. The molecule has 8 rings (SSSR count). The van der Waals surface area contributed by atoms with E-state index in [2.05, 4.69) is 27.3 Å². The van der Waals surface area contributed by atoms with Crippen molar-refractivity contribution in [3.05, 3.63) is 89.0 Å². The molecular formula is C49H61N13O6. The van der Waals surface area contributed by atoms with Crippen molar-refractivity contribution in [1.82, 2.24) is 48.2 Å². The van der Waals surface area contributed by atoms with E-state index in [1.165, 1.54) is 0 Å². The van der Waals surface area contributed by atoms with Gasteiger partial charge < -0.3 is 49.2 Å². The fourth-order valence-corrected chi connectivity index (χ4v) is 8.80. The molecule has 0 aliphatic carbocycles. The summed E-state index contributed by atoms with van der Waals surface area (Å²) in [5.74, 6) is 0.102. The number of hydrogen-bond donors (Lipinski definition) is 3. The largest absolute Gasteiger partial charge is 0.491 e. The second-order valence-corrected chi connectivity index (χ2v) is 17.2. The van der Waals surface area contributed by atoms with Crippen LogP contribution in [0.15, 0.2) is 60.9 Å². The summed E-state index contributed by atoms with van der Waals surface area (Å²) in [6.07, 6.45) is 9.04. The number of amides is 3. The first-order valence-electron chi connectivity index (χ1n) is 23.2. The molecule has 3 amide bonds. The number of primary amides is 2. The van der Waals surface area contributed by atoms with Gasteiger partial charge in [-0.3, -0.25) is 24.4 Å². The Labute approximate surface area is 394 Å². The van der Waals surface area contributed by atoms with E-state index in [0.29, 0.717) is 102 Å². The van der Waals surface area contributed by atoms with E-state index in [4.69, 9.17) is 40.6 Å². The number of allylic oxidation sites excluding steroid dienone is 2. The highest BCUT2D eigenvalue weighted by atomic mass is 16.5. The summed E-state index contributed by atoms with van der Waals surface area (Å²) in [4.78, 5) is 58.9. The van der Waals surface area contributed by atoms with Crippen molar-refractivity contribution in [3.8, 4) is 23.0 Å². The van der Waals surface area contributed by atoms with Crippen LogP contribution in [-0.4, -0.2) is 133 Å². The molecule has 2 aromatic carbocycles. The molecule has 6 heterocycles. The Bertz CT molecular complexity index is 3010. The lowest BCUT2D eigenvalue weighted by Gasteiger charge is -2.32. The predicted molar refractivity (Wildman–Crippen MR) is 261 cm³/mol. The zero-order chi connectivity index (χ0) is 48.1. The predicted octanol–water partition coefficient (Wildman–Crippen LogP) is 5.39. The molecule has 1 fully saturated rings. The quantitative estimate of drug-likeness (QED) is 0.0610. The number of carbonyl (C=O) groups excluding carboxylic acids is 3. The Balaban J connectivity index is 1.20. The highest BCUT2D eigenvalue weighted by Crippen LogP contribution is 2.37. The van der Waals surface area contributed by atoms with Crippen molar-refractivity contribution in [2.24, 2.45) is 11.5 Å². The second-order valence-electron chi connectivity index (χ2n) is 17.2. The minimum absolute atomic E-state index is 0.240. The SMILES string of the molecule is CCn1cc(C)cc1C(=O)Nc1nc2cc(C(N)=O)cc(OCCCN3CCN(C)CC3)c2n1C/C=C/Cn1c2nc(-c3cc(C)nn3CC)ncc2c2cc(C(N)=O)cc(OCCCOC)c21. The maximum absolute atomic E-state index is 14.0. The number of nitrogens with two attached hydrogens (primary N) is 2. The Morgan fingerprint density at radius 2 is 1.49 bits per heavy atom. The second kappa shape index (κ2) is 20.8. The molecule has 0 unspecified atom stereocenters. The van der Waals surface area contributed by atoms with E-state index in [1.54, 1.807) is 37.6 Å². The molecule has 0 spiro atoms. The lowest BCUT2D eigenvalue weighted by molar-refractivity contribution is 0.0991. The van der Waals surface area contributed by atoms with E-state index < -0.39 is 11.8 Å². The fraction of sp³-hybridized carbons (Fsp3) is 0.408. The highest BCUT2D eigenvalue weighted by molar-refractivity contribution is 6.12. The van der Waals surface area contributed by atoms with Gasteiger partial charge in [0.25, 0.3) is 5.91 Å². The van der Waals surface area contributed by atoms with Crippen LogP contribution in [0.3, 0.4) is 0 Å². The number of likely N-dealkylation sites (N-methyl/N-ethyl adjacent to an activating group) is 1. The minimum Gasteiger partial charge on any atom is -0.491 e. The van der Waals surface area contributed by atoms with Crippen molar-refractivity contribution >= 4 is 56.6 Å². The van der Waals surface area contributed by atoms with Gasteiger partial charge in [0.1, 0.15) is 34.1 Å². The molecule has 1 saturated heterocycles. The zero-order valence-corrected chi connectivity index (χ0v) is 39.7. The van der Waals surface area contributed by atoms with Gasteiger partial charge in [0.05, 0.1) is 29.9 Å². The summed E-state index contributed by atoms with van der Waals surface area (Å²) in [6, 6.07) is 10.5. The van der Waals surface area contributed by atoms with E-state index in [-0.39, 0.29) is 29.5 Å². The van der Waals surface area contributed by atoms with E-state index in [9.17, 15) is 14.4 Å². The standard InChI is InChI=1S/C49H61N13O6/c1-7-59-30-31(3)23-39(59)48(65)55-49-53-37-26-34(45(51)64)28-41(67-21-11-13-58-18-16-57(5)17-19-58)43(37)61(49)15-10-9-14-60-42-35(25-33(44(50)63)27-40(42)68-22-12-20-66-6)36-29-52-46(54-47(36)60)38-24-32(4)56-62(38)8-2/h9-10,23-30H,7-8,11-22H2,1-6H3,(H2,50,63)(H2,51,64)(H,53,55,65)/b10-9+. The van der Waals surface area contributed by atoms with E-state index in [0.717, 1.165) is 56.1 Å². The molecular weight excluding hydrogens is 867 g/mol. The zero-order valence-electron chi connectivity index (χ0n) is 39.7. The third-order valence-corrected chi connectivity index (χ3v) is 12.3. The van der Waals surface area contributed by atoms with Crippen LogP contribution in [-0.2, 0) is 30.9 Å². The third-order valence-electron chi connectivity index (χ3n) is 12.3. The molecule has 358 valence electrons. The number of carbonyl (C=O) groups is 3. The number of imidazole rings is 1. The molecule has 7 aromatic rings.